The molecule has 0 bridgehead atoms. The molecule has 11 aliphatic rings. The lowest BCUT2D eigenvalue weighted by atomic mass is 9.33. The first-order valence-electron chi connectivity index (χ1n) is 34.1. The average molecular weight is 1410 g/mol. The van der Waals surface area contributed by atoms with Gasteiger partial charge < -0.3 is 153 Å². The third kappa shape index (κ3) is 12.9. The minimum Gasteiger partial charge on any atom is -0.454 e. The van der Waals surface area contributed by atoms with Crippen molar-refractivity contribution in [3.8, 4) is 0 Å². The Morgan fingerprint density at radius 1 is 0.541 bits per heavy atom. The minimum atomic E-state index is -2.10. The van der Waals surface area contributed by atoms with Gasteiger partial charge in [-0.1, -0.05) is 53.2 Å². The van der Waals surface area contributed by atoms with Crippen LogP contribution in [0.15, 0.2) is 11.6 Å². The second kappa shape index (κ2) is 28.4. The van der Waals surface area contributed by atoms with Crippen LogP contribution in [0.3, 0.4) is 0 Å². The maximum absolute atomic E-state index is 15.7. The van der Waals surface area contributed by atoms with E-state index in [9.17, 15) is 96.7 Å². The Labute approximate surface area is 565 Å². The zero-order valence-electron chi connectivity index (χ0n) is 56.3. The Balaban J connectivity index is 0.813. The zero-order valence-corrected chi connectivity index (χ0v) is 56.3. The topological polar surface area (TPSA) is 518 Å². The molecule has 0 amide bonds. The fourth-order valence-corrected chi connectivity index (χ4v) is 19.2. The summed E-state index contributed by atoms with van der Waals surface area (Å²) in [5.41, 5.74) is -6.72. The van der Waals surface area contributed by atoms with Crippen LogP contribution in [0.1, 0.15) is 107 Å². The first-order chi connectivity index (χ1) is 45.9. The number of ether oxygens (including phenoxy) is 13. The second-order valence-corrected chi connectivity index (χ2v) is 31.4. The van der Waals surface area contributed by atoms with E-state index in [1.807, 2.05) is 0 Å². The van der Waals surface area contributed by atoms with Gasteiger partial charge in [-0.2, -0.15) is 0 Å². The highest BCUT2D eigenvalue weighted by Crippen LogP contribution is 2.76. The van der Waals surface area contributed by atoms with E-state index in [0.29, 0.717) is 32.1 Å². The van der Waals surface area contributed by atoms with Crippen LogP contribution in [0.4, 0.5) is 0 Å². The number of hydrogen-bond acceptors (Lipinski definition) is 33. The third-order valence-corrected chi connectivity index (χ3v) is 24.9. The molecule has 5 aliphatic carbocycles. The Kier molecular flexibility index (Phi) is 22.2. The van der Waals surface area contributed by atoms with Crippen LogP contribution >= 0.6 is 0 Å². The summed E-state index contributed by atoms with van der Waals surface area (Å²) in [5, 5.41) is 200. The summed E-state index contributed by atoms with van der Waals surface area (Å²) in [5.74, 6) is -3.13. The Morgan fingerprint density at radius 2 is 1.15 bits per heavy atom. The quantitative estimate of drug-likeness (QED) is 0.0366. The van der Waals surface area contributed by atoms with Crippen LogP contribution in [-0.4, -0.2) is 328 Å². The number of aliphatic hydroxyl groups is 18. The monoisotopic (exact) mass is 1410 g/mol. The molecule has 6 heterocycles. The summed E-state index contributed by atoms with van der Waals surface area (Å²) in [6.07, 6.45) is -42.3. The molecular formula is C65H104O33. The molecule has 37 atom stereocenters. The molecule has 0 aromatic heterocycles. The van der Waals surface area contributed by atoms with Gasteiger partial charge in [0, 0.05) is 12.3 Å². The van der Waals surface area contributed by atoms with E-state index >= 15 is 4.79 Å². The predicted molar refractivity (Wildman–Crippen MR) is 322 cm³/mol. The number of rotatable bonds is 17. The highest BCUT2D eigenvalue weighted by Gasteiger charge is 2.74. The van der Waals surface area contributed by atoms with E-state index in [4.69, 9.17) is 61.6 Å². The van der Waals surface area contributed by atoms with Crippen LogP contribution < -0.4 is 0 Å². The fourth-order valence-electron chi connectivity index (χ4n) is 19.2. The highest BCUT2D eigenvalue weighted by atomic mass is 16.8. The molecule has 0 radical (unpaired) electrons. The molecule has 18 N–H and O–H groups in total. The predicted octanol–water partition coefficient (Wildman–Crippen LogP) is -5.96. The lowest BCUT2D eigenvalue weighted by Gasteiger charge is -2.72. The molecule has 0 aromatic carbocycles. The molecule has 0 spiro atoms. The van der Waals surface area contributed by atoms with Gasteiger partial charge >= 0.3 is 11.9 Å². The number of hydrogen-bond donors (Lipinski definition) is 18. The molecule has 33 heteroatoms. The standard InChI is InChI=1S/C65H104O33/c1-25-45(93-52-43(81)46(31(73)21-86-52)94-57-50(83)64(85,23-69)24-88-57)42(80)49(90-26(2)70)56(89-25)96-48-37(75)30(72)20-87-55(48)98-58(84)65-14-13-59(3,4)15-28(65)27-9-10-35-60(5)16-29(71)51(61(6,22-68)34(60)11-12-62(35,7)63(27,8)17-36(65)74)97-54-44(82)47(39(77)33(19-67)92-54)95-53-41(79)40(78)38(76)32(18-66)91-53/h9,25,28-57,66-69,71-83,85H,10-24H2,1-8H3/t25-,28-,29-,30-,31-,32+,33+,34?,35?,36+,37-,38+,39+,40-,41+,42+,43-,44+,45-,46+,47-,48+,49+,50+,51-,52+,53-,54-,55-,56-,57+,60-,61-,62+,63+,64-,65+/m0/s1. The van der Waals surface area contributed by atoms with Gasteiger partial charge in [-0.3, -0.25) is 9.59 Å². The maximum atomic E-state index is 15.7. The largest absolute Gasteiger partial charge is 0.454 e. The van der Waals surface area contributed by atoms with E-state index in [1.54, 1.807) is 6.92 Å². The summed E-state index contributed by atoms with van der Waals surface area (Å²) in [6, 6.07) is 0. The van der Waals surface area contributed by atoms with Crippen LogP contribution in [0, 0.1) is 50.2 Å². The number of carbonyl (C=O) groups is 2. The molecule has 0 aromatic rings. The van der Waals surface area contributed by atoms with Gasteiger partial charge in [0.05, 0.1) is 70.7 Å². The molecule has 562 valence electrons. The molecule has 33 nitrogen and oxygen atoms in total. The van der Waals surface area contributed by atoms with Gasteiger partial charge in [0.2, 0.25) is 6.29 Å². The SMILES string of the molecule is CC(=O)O[C@H]1[C@H](O[C@H]2[C@H](OC(=O)[C@]34CCC(C)(C)C[C@H]3C3=CCC5[C@@]6(C)C[C@H](O)[C@H](O[C@@H]7O[C@H](CO)[C@@H](O)[C@H](O[C@@H]8O[C@H](CO)[C@@H](O)[C@H](O)[C@H]8O)[C@H]7O)[C@@](C)(CO)C6CC[C@@]5(C)[C@]3(C)C[C@H]4O)OC[C@H](O)[C@@H]2O)O[C@@H](C)[C@H](O[C@H]2OC[C@H](O)[C@@H](O[C@H]3OC[C@@](O)(CO)[C@@H]3O)[C@@H]2O)[C@H]1O. The molecule has 6 saturated heterocycles. The normalized spacial score (nSPS) is 54.1. The smallest absolute Gasteiger partial charge is 0.317 e. The Bertz CT molecular complexity index is 2820. The van der Waals surface area contributed by atoms with Crippen molar-refractivity contribution >= 4 is 11.9 Å². The van der Waals surface area contributed by atoms with Crippen molar-refractivity contribution in [3.05, 3.63) is 11.6 Å². The molecule has 10 fully saturated rings. The average Bonchev–Trinajstić information content (AvgIpc) is 0.697. The number of fused-ring (bicyclic) bond motifs is 7. The van der Waals surface area contributed by atoms with Gasteiger partial charge in [-0.25, -0.2) is 0 Å². The van der Waals surface area contributed by atoms with Crippen LogP contribution in [0.5, 0.6) is 0 Å². The van der Waals surface area contributed by atoms with Crippen molar-refractivity contribution in [3.63, 3.8) is 0 Å². The second-order valence-electron chi connectivity index (χ2n) is 31.4. The van der Waals surface area contributed by atoms with E-state index < -0.39 is 275 Å². The fraction of sp³-hybridized carbons (Fsp3) is 0.938. The molecule has 11 rings (SSSR count). The zero-order chi connectivity index (χ0) is 71.6. The van der Waals surface area contributed by atoms with E-state index in [1.165, 1.54) is 6.92 Å². The maximum Gasteiger partial charge on any atom is 0.317 e. The van der Waals surface area contributed by atoms with Crippen molar-refractivity contribution in [1.29, 1.82) is 0 Å². The summed E-state index contributed by atoms with van der Waals surface area (Å²) in [7, 11) is 0. The number of carbonyl (C=O) groups excluding carboxylic acids is 2. The minimum absolute atomic E-state index is 0.0569. The van der Waals surface area contributed by atoms with Gasteiger partial charge in [0.1, 0.15) is 109 Å². The molecular weight excluding hydrogens is 1310 g/mol. The number of esters is 2. The van der Waals surface area contributed by atoms with Crippen LogP contribution in [-0.2, 0) is 71.2 Å². The van der Waals surface area contributed by atoms with Gasteiger partial charge in [0.25, 0.3) is 0 Å². The first kappa shape index (κ1) is 76.6. The van der Waals surface area contributed by atoms with E-state index in [0.717, 1.165) is 12.5 Å². The van der Waals surface area contributed by atoms with Crippen molar-refractivity contribution in [1.82, 2.24) is 0 Å². The van der Waals surface area contributed by atoms with Gasteiger partial charge in [0.15, 0.2) is 43.7 Å². The van der Waals surface area contributed by atoms with Gasteiger partial charge in [-0.15, -0.1) is 0 Å². The van der Waals surface area contributed by atoms with Crippen molar-refractivity contribution in [2.45, 2.75) is 284 Å². The Morgan fingerprint density at radius 3 is 1.80 bits per heavy atom. The number of aliphatic hydroxyl groups excluding tert-OH is 17. The van der Waals surface area contributed by atoms with E-state index in [2.05, 4.69) is 40.7 Å². The number of allylic oxidation sites excluding steroid dienone is 2. The Hall–Kier alpha value is -2.48. The lowest BCUT2D eigenvalue weighted by Crippen LogP contribution is -2.71. The van der Waals surface area contributed by atoms with Crippen molar-refractivity contribution in [2.24, 2.45) is 50.2 Å². The van der Waals surface area contributed by atoms with Crippen molar-refractivity contribution in [2.75, 3.05) is 46.2 Å². The molecule has 4 saturated carbocycles. The van der Waals surface area contributed by atoms with E-state index in [-0.39, 0.29) is 30.6 Å². The van der Waals surface area contributed by atoms with Crippen LogP contribution in [0.2, 0.25) is 0 Å². The van der Waals surface area contributed by atoms with Crippen molar-refractivity contribution < 1.29 is 163 Å². The summed E-state index contributed by atoms with van der Waals surface area (Å²) in [6.45, 7) is 10.0. The summed E-state index contributed by atoms with van der Waals surface area (Å²) < 4.78 is 76.7. The summed E-state index contributed by atoms with van der Waals surface area (Å²) in [4.78, 5) is 28.4. The molecule has 2 unspecified atom stereocenters. The third-order valence-electron chi connectivity index (χ3n) is 24.9. The van der Waals surface area contributed by atoms with Crippen LogP contribution in [0.25, 0.3) is 0 Å². The molecule has 6 aliphatic heterocycles. The highest BCUT2D eigenvalue weighted by molar-refractivity contribution is 5.80. The van der Waals surface area contributed by atoms with Gasteiger partial charge in [-0.05, 0) is 97.7 Å². The lowest BCUT2D eigenvalue weighted by molar-refractivity contribution is -0.375. The summed E-state index contributed by atoms with van der Waals surface area (Å²) >= 11 is 0. The first-order valence-corrected chi connectivity index (χ1v) is 34.1. The molecule has 98 heavy (non-hydrogen) atoms.